The Morgan fingerprint density at radius 3 is 1.18 bits per heavy atom. The maximum absolute atomic E-state index is 10.3. The molecule has 0 aromatic heterocycles. The van der Waals surface area contributed by atoms with Crippen LogP contribution in [-0.4, -0.2) is 44.9 Å². The summed E-state index contributed by atoms with van der Waals surface area (Å²) in [6.07, 6.45) is 0. The SMILES string of the molecule is O=C(O)CO.O=C(O)c1ccc(C(=O)O)cc1. The molecule has 0 saturated heterocycles. The number of hydrogen-bond donors (Lipinski definition) is 4. The lowest BCUT2D eigenvalue weighted by Crippen LogP contribution is -1.99. The van der Waals surface area contributed by atoms with Crippen molar-refractivity contribution >= 4 is 17.9 Å². The average molecular weight is 242 g/mol. The molecule has 0 unspecified atom stereocenters. The van der Waals surface area contributed by atoms with Crippen molar-refractivity contribution in [2.75, 3.05) is 6.61 Å². The molecule has 0 heterocycles. The Balaban J connectivity index is 0.000000437. The van der Waals surface area contributed by atoms with Gasteiger partial charge in [-0.05, 0) is 24.3 Å². The van der Waals surface area contributed by atoms with Crippen molar-refractivity contribution in [1.29, 1.82) is 0 Å². The van der Waals surface area contributed by atoms with Gasteiger partial charge in [-0.15, -0.1) is 0 Å². The van der Waals surface area contributed by atoms with Crippen molar-refractivity contribution in [1.82, 2.24) is 0 Å². The van der Waals surface area contributed by atoms with Crippen LogP contribution in [0.1, 0.15) is 20.7 Å². The Morgan fingerprint density at radius 2 is 1.06 bits per heavy atom. The Labute approximate surface area is 95.6 Å². The van der Waals surface area contributed by atoms with Gasteiger partial charge >= 0.3 is 17.9 Å². The van der Waals surface area contributed by atoms with E-state index in [1.807, 2.05) is 0 Å². The Kier molecular flexibility index (Phi) is 5.98. The van der Waals surface area contributed by atoms with Crippen LogP contribution in [0.2, 0.25) is 0 Å². The normalized spacial score (nSPS) is 8.76. The second-order valence-electron chi connectivity index (χ2n) is 2.74. The number of rotatable bonds is 3. The first kappa shape index (κ1) is 14.6. The van der Waals surface area contributed by atoms with Gasteiger partial charge in [0.15, 0.2) is 0 Å². The van der Waals surface area contributed by atoms with Crippen LogP contribution in [0.15, 0.2) is 24.3 Å². The minimum Gasteiger partial charge on any atom is -0.480 e. The van der Waals surface area contributed by atoms with E-state index in [1.165, 1.54) is 24.3 Å². The topological polar surface area (TPSA) is 132 Å². The summed E-state index contributed by atoms with van der Waals surface area (Å²) in [6, 6.07) is 5.02. The maximum Gasteiger partial charge on any atom is 0.335 e. The fourth-order valence-corrected chi connectivity index (χ4v) is 0.755. The van der Waals surface area contributed by atoms with Crippen LogP contribution in [0, 0.1) is 0 Å². The van der Waals surface area contributed by atoms with E-state index in [0.717, 1.165) is 0 Å². The molecular weight excluding hydrogens is 232 g/mol. The number of aromatic carboxylic acids is 2. The number of benzene rings is 1. The van der Waals surface area contributed by atoms with E-state index in [1.54, 1.807) is 0 Å². The van der Waals surface area contributed by atoms with Gasteiger partial charge in [0, 0.05) is 0 Å². The number of carboxylic acid groups (broad SMARTS) is 3. The summed E-state index contributed by atoms with van der Waals surface area (Å²) in [5.74, 6) is -3.32. The van der Waals surface area contributed by atoms with Crippen molar-refractivity contribution in [2.45, 2.75) is 0 Å². The maximum atomic E-state index is 10.3. The minimum absolute atomic E-state index is 0.0833. The highest BCUT2D eigenvalue weighted by atomic mass is 16.4. The summed E-state index contributed by atoms with van der Waals surface area (Å²) in [5, 5.41) is 31.9. The van der Waals surface area contributed by atoms with Gasteiger partial charge in [-0.2, -0.15) is 0 Å². The monoisotopic (exact) mass is 242 g/mol. The fraction of sp³-hybridized carbons (Fsp3) is 0.100. The molecule has 92 valence electrons. The molecule has 7 nitrogen and oxygen atoms in total. The smallest absolute Gasteiger partial charge is 0.335 e. The largest absolute Gasteiger partial charge is 0.480 e. The van der Waals surface area contributed by atoms with Crippen LogP contribution in [0.5, 0.6) is 0 Å². The summed E-state index contributed by atoms with van der Waals surface area (Å²) in [4.78, 5) is 29.8. The third-order valence-corrected chi connectivity index (χ3v) is 1.51. The van der Waals surface area contributed by atoms with E-state index < -0.39 is 24.5 Å². The van der Waals surface area contributed by atoms with Crippen molar-refractivity contribution in [3.05, 3.63) is 35.4 Å². The van der Waals surface area contributed by atoms with Crippen LogP contribution >= 0.6 is 0 Å². The number of aliphatic carboxylic acids is 1. The molecule has 17 heavy (non-hydrogen) atoms. The molecule has 7 heteroatoms. The van der Waals surface area contributed by atoms with Gasteiger partial charge in [-0.1, -0.05) is 0 Å². The lowest BCUT2D eigenvalue weighted by Gasteiger charge is -1.94. The molecule has 0 atom stereocenters. The molecular formula is C10H10O7. The second kappa shape index (κ2) is 6.96. The van der Waals surface area contributed by atoms with Crippen LogP contribution in [0.3, 0.4) is 0 Å². The molecule has 1 aromatic carbocycles. The van der Waals surface area contributed by atoms with E-state index in [-0.39, 0.29) is 11.1 Å². The lowest BCUT2D eigenvalue weighted by atomic mass is 10.1. The third kappa shape index (κ3) is 5.90. The molecule has 0 bridgehead atoms. The van der Waals surface area contributed by atoms with E-state index in [2.05, 4.69) is 0 Å². The molecule has 0 aliphatic carbocycles. The molecule has 0 aliphatic heterocycles. The Hall–Kier alpha value is -2.41. The highest BCUT2D eigenvalue weighted by Crippen LogP contribution is 2.03. The van der Waals surface area contributed by atoms with Gasteiger partial charge in [-0.3, -0.25) is 0 Å². The van der Waals surface area contributed by atoms with Gasteiger partial charge in [-0.25, -0.2) is 14.4 Å². The van der Waals surface area contributed by atoms with Gasteiger partial charge in [0.25, 0.3) is 0 Å². The van der Waals surface area contributed by atoms with Gasteiger partial charge in [0.2, 0.25) is 0 Å². The molecule has 4 N–H and O–H groups in total. The molecule has 0 fully saturated rings. The first-order chi connectivity index (χ1) is 7.88. The quantitative estimate of drug-likeness (QED) is 0.592. The Bertz CT molecular complexity index is 374. The zero-order chi connectivity index (χ0) is 13.4. The first-order valence-corrected chi connectivity index (χ1v) is 4.27. The predicted octanol–water partition coefficient (Wildman–Crippen LogP) is 0.146. The van der Waals surface area contributed by atoms with Crippen LogP contribution in [0.25, 0.3) is 0 Å². The van der Waals surface area contributed by atoms with Crippen LogP contribution < -0.4 is 0 Å². The molecule has 1 rings (SSSR count). The molecule has 0 amide bonds. The summed E-state index contributed by atoms with van der Waals surface area (Å²) in [7, 11) is 0. The van der Waals surface area contributed by atoms with E-state index in [9.17, 15) is 9.59 Å². The van der Waals surface area contributed by atoms with Crippen molar-refractivity contribution in [2.24, 2.45) is 0 Å². The van der Waals surface area contributed by atoms with E-state index in [4.69, 9.17) is 25.2 Å². The van der Waals surface area contributed by atoms with Crippen molar-refractivity contribution < 1.29 is 34.8 Å². The summed E-state index contributed by atoms with van der Waals surface area (Å²) >= 11 is 0. The fourth-order valence-electron chi connectivity index (χ4n) is 0.755. The first-order valence-electron chi connectivity index (χ1n) is 4.27. The van der Waals surface area contributed by atoms with Crippen LogP contribution in [-0.2, 0) is 4.79 Å². The number of hydrogen-bond acceptors (Lipinski definition) is 4. The number of carbonyl (C=O) groups is 3. The number of aliphatic hydroxyl groups is 1. The number of aliphatic hydroxyl groups excluding tert-OH is 1. The molecule has 0 radical (unpaired) electrons. The van der Waals surface area contributed by atoms with Crippen LogP contribution in [0.4, 0.5) is 0 Å². The van der Waals surface area contributed by atoms with Crippen molar-refractivity contribution in [3.63, 3.8) is 0 Å². The average Bonchev–Trinajstić information content (AvgIpc) is 2.29. The summed E-state index contributed by atoms with van der Waals surface area (Å²) < 4.78 is 0. The van der Waals surface area contributed by atoms with Gasteiger partial charge < -0.3 is 20.4 Å². The van der Waals surface area contributed by atoms with Crippen molar-refractivity contribution in [3.8, 4) is 0 Å². The zero-order valence-corrected chi connectivity index (χ0v) is 8.53. The molecule has 0 saturated carbocycles. The van der Waals surface area contributed by atoms with Gasteiger partial charge in [0.05, 0.1) is 11.1 Å². The summed E-state index contributed by atoms with van der Waals surface area (Å²) in [5.41, 5.74) is 0.167. The third-order valence-electron chi connectivity index (χ3n) is 1.51. The zero-order valence-electron chi connectivity index (χ0n) is 8.53. The second-order valence-corrected chi connectivity index (χ2v) is 2.74. The summed E-state index contributed by atoms with van der Waals surface area (Å²) in [6.45, 7) is -0.778. The molecule has 1 aromatic rings. The Morgan fingerprint density at radius 1 is 0.824 bits per heavy atom. The number of carboxylic acids is 3. The standard InChI is InChI=1S/C8H6O4.C2H4O3/c9-7(10)5-1-2-6(4-3-5)8(11)12;3-1-2(4)5/h1-4H,(H,9,10)(H,11,12);3H,1H2,(H,4,5). The minimum atomic E-state index is -1.19. The van der Waals surface area contributed by atoms with E-state index in [0.29, 0.717) is 0 Å². The predicted molar refractivity (Wildman–Crippen MR) is 55.1 cm³/mol. The highest BCUT2D eigenvalue weighted by Gasteiger charge is 2.04. The lowest BCUT2D eigenvalue weighted by molar-refractivity contribution is -0.140. The van der Waals surface area contributed by atoms with Gasteiger partial charge in [0.1, 0.15) is 6.61 Å². The molecule has 0 aliphatic rings. The molecule has 0 spiro atoms. The van der Waals surface area contributed by atoms with E-state index >= 15 is 0 Å². The highest BCUT2D eigenvalue weighted by molar-refractivity contribution is 5.91.